The summed E-state index contributed by atoms with van der Waals surface area (Å²) < 4.78 is 7.58. The summed E-state index contributed by atoms with van der Waals surface area (Å²) in [6, 6.07) is 14.7. The Labute approximate surface area is 144 Å². The van der Waals surface area contributed by atoms with Crippen LogP contribution in [0.2, 0.25) is 0 Å². The highest BCUT2D eigenvalue weighted by Gasteiger charge is 2.08. The van der Waals surface area contributed by atoms with Crippen LogP contribution in [0, 0.1) is 0 Å². The van der Waals surface area contributed by atoms with Crippen molar-refractivity contribution >= 4 is 22.4 Å². The molecule has 24 heavy (non-hydrogen) atoms. The third-order valence-corrected chi connectivity index (χ3v) is 4.71. The Morgan fingerprint density at radius 1 is 1.12 bits per heavy atom. The third kappa shape index (κ3) is 2.84. The summed E-state index contributed by atoms with van der Waals surface area (Å²) in [5.41, 5.74) is 5.42. The zero-order valence-corrected chi connectivity index (χ0v) is 14.2. The van der Waals surface area contributed by atoms with Gasteiger partial charge in [-0.3, -0.25) is 4.57 Å². The fourth-order valence-corrected chi connectivity index (χ4v) is 3.36. The van der Waals surface area contributed by atoms with E-state index in [1.807, 2.05) is 24.8 Å². The lowest BCUT2D eigenvalue weighted by atomic mass is 10.2. The molecule has 0 aliphatic rings. The van der Waals surface area contributed by atoms with E-state index in [0.29, 0.717) is 6.61 Å². The first kappa shape index (κ1) is 15.1. The lowest BCUT2D eigenvalue weighted by molar-refractivity contribution is 0.134. The molecule has 0 atom stereocenters. The van der Waals surface area contributed by atoms with E-state index in [-0.39, 0.29) is 0 Å². The minimum absolute atomic E-state index is 0.624. The monoisotopic (exact) mass is 335 g/mol. The van der Waals surface area contributed by atoms with Crippen molar-refractivity contribution in [1.82, 2.24) is 14.5 Å². The van der Waals surface area contributed by atoms with E-state index in [1.54, 1.807) is 11.3 Å². The van der Waals surface area contributed by atoms with Crippen molar-refractivity contribution in [1.29, 1.82) is 0 Å². The van der Waals surface area contributed by atoms with Gasteiger partial charge >= 0.3 is 0 Å². The summed E-state index contributed by atoms with van der Waals surface area (Å²) in [7, 11) is 0. The van der Waals surface area contributed by atoms with Crippen LogP contribution in [0.25, 0.3) is 27.3 Å². The Morgan fingerprint density at radius 2 is 2.08 bits per heavy atom. The molecule has 0 bridgehead atoms. The fourth-order valence-electron chi connectivity index (χ4n) is 2.73. The number of nitrogens with zero attached hydrogens (tertiary/aromatic N) is 3. The molecular weight excluding hydrogens is 318 g/mol. The summed E-state index contributed by atoms with van der Waals surface area (Å²) in [6.45, 7) is 3.34. The first-order chi connectivity index (χ1) is 11.8. The van der Waals surface area contributed by atoms with Crippen LogP contribution in [-0.4, -0.2) is 21.1 Å². The predicted molar refractivity (Wildman–Crippen MR) is 97.5 cm³/mol. The van der Waals surface area contributed by atoms with Gasteiger partial charge in [0.2, 0.25) is 0 Å². The highest BCUT2D eigenvalue weighted by Crippen LogP contribution is 2.26. The maximum Gasteiger partial charge on any atom is 0.123 e. The summed E-state index contributed by atoms with van der Waals surface area (Å²) >= 11 is 1.65. The zero-order chi connectivity index (χ0) is 16.4. The molecule has 0 N–H and O–H groups in total. The molecule has 2 aromatic carbocycles. The third-order valence-electron chi connectivity index (χ3n) is 3.89. The van der Waals surface area contributed by atoms with Crippen molar-refractivity contribution in [3.63, 3.8) is 0 Å². The lowest BCUT2D eigenvalue weighted by Gasteiger charge is -2.07. The van der Waals surface area contributed by atoms with Crippen LogP contribution < -0.4 is 0 Å². The highest BCUT2D eigenvalue weighted by molar-refractivity contribution is 7.13. The topological polar surface area (TPSA) is 39.9 Å². The molecule has 0 aliphatic heterocycles. The molecule has 4 nitrogen and oxygen atoms in total. The zero-order valence-electron chi connectivity index (χ0n) is 13.3. The molecule has 120 valence electrons. The Balaban J connectivity index is 1.73. The van der Waals surface area contributed by atoms with Gasteiger partial charge in [-0.25, -0.2) is 9.97 Å². The largest absolute Gasteiger partial charge is 0.377 e. The predicted octanol–water partition coefficient (Wildman–Crippen LogP) is 4.69. The Bertz CT molecular complexity index is 960. The molecule has 0 amide bonds. The van der Waals surface area contributed by atoms with Gasteiger partial charge in [0.25, 0.3) is 0 Å². The van der Waals surface area contributed by atoms with Crippen molar-refractivity contribution in [2.45, 2.75) is 13.5 Å². The molecular formula is C19H17N3OS. The van der Waals surface area contributed by atoms with Crippen molar-refractivity contribution in [2.24, 2.45) is 0 Å². The van der Waals surface area contributed by atoms with Crippen LogP contribution in [0.4, 0.5) is 0 Å². The molecule has 2 heterocycles. The van der Waals surface area contributed by atoms with Gasteiger partial charge in [0.1, 0.15) is 11.3 Å². The number of ether oxygens (including phenoxy) is 1. The van der Waals surface area contributed by atoms with Crippen LogP contribution in [0.1, 0.15) is 12.5 Å². The molecule has 0 unspecified atom stereocenters. The molecule has 0 spiro atoms. The van der Waals surface area contributed by atoms with Crippen LogP contribution in [0.3, 0.4) is 0 Å². The van der Waals surface area contributed by atoms with Gasteiger partial charge in [0.05, 0.1) is 17.6 Å². The maximum atomic E-state index is 5.48. The van der Waals surface area contributed by atoms with E-state index >= 15 is 0 Å². The Morgan fingerprint density at radius 3 is 2.92 bits per heavy atom. The van der Waals surface area contributed by atoms with E-state index in [2.05, 4.69) is 57.0 Å². The van der Waals surface area contributed by atoms with Gasteiger partial charge in [-0.1, -0.05) is 18.2 Å². The number of hydrogen-bond acceptors (Lipinski definition) is 4. The average Bonchev–Trinajstić information content (AvgIpc) is 3.29. The number of benzene rings is 2. The molecule has 4 rings (SSSR count). The van der Waals surface area contributed by atoms with Gasteiger partial charge in [0.15, 0.2) is 0 Å². The van der Waals surface area contributed by atoms with E-state index < -0.39 is 0 Å². The maximum absolute atomic E-state index is 5.48. The summed E-state index contributed by atoms with van der Waals surface area (Å²) in [4.78, 5) is 8.94. The Hall–Kier alpha value is -2.50. The summed E-state index contributed by atoms with van der Waals surface area (Å²) in [5, 5.41) is 3.02. The standard InChI is InChI=1S/C19H17N3OS/c1-2-23-12-14-6-7-18-17(10-14)21-13-22(18)16-5-3-4-15(11-16)19-20-8-9-24-19/h3-11,13H,2,12H2,1H3. The number of imidazole rings is 1. The molecule has 0 fully saturated rings. The number of thiazole rings is 1. The number of hydrogen-bond donors (Lipinski definition) is 0. The van der Waals surface area contributed by atoms with Gasteiger partial charge in [-0.05, 0) is 36.8 Å². The van der Waals surface area contributed by atoms with E-state index in [9.17, 15) is 0 Å². The van der Waals surface area contributed by atoms with Crippen LogP contribution in [0.15, 0.2) is 60.4 Å². The minimum Gasteiger partial charge on any atom is -0.377 e. The Kier molecular flexibility index (Phi) is 4.11. The minimum atomic E-state index is 0.624. The van der Waals surface area contributed by atoms with Gasteiger partial charge in [0, 0.05) is 29.4 Å². The van der Waals surface area contributed by atoms with E-state index in [4.69, 9.17) is 4.74 Å². The van der Waals surface area contributed by atoms with E-state index in [0.717, 1.165) is 39.5 Å². The summed E-state index contributed by atoms with van der Waals surface area (Å²) in [5.74, 6) is 0. The first-order valence-corrected chi connectivity index (χ1v) is 8.77. The SMILES string of the molecule is CCOCc1ccc2c(c1)ncn2-c1cccc(-c2nccs2)c1. The van der Waals surface area contributed by atoms with Crippen LogP contribution in [-0.2, 0) is 11.3 Å². The second-order valence-electron chi connectivity index (χ2n) is 5.46. The van der Waals surface area contributed by atoms with Crippen molar-refractivity contribution < 1.29 is 4.74 Å². The fraction of sp³-hybridized carbons (Fsp3) is 0.158. The molecule has 0 aliphatic carbocycles. The van der Waals surface area contributed by atoms with E-state index in [1.165, 1.54) is 0 Å². The summed E-state index contributed by atoms with van der Waals surface area (Å²) in [6.07, 6.45) is 3.70. The number of fused-ring (bicyclic) bond motifs is 1. The number of rotatable bonds is 5. The average molecular weight is 335 g/mol. The molecule has 4 aromatic rings. The van der Waals surface area contributed by atoms with Crippen molar-refractivity contribution in [3.8, 4) is 16.3 Å². The van der Waals surface area contributed by atoms with Crippen LogP contribution in [0.5, 0.6) is 0 Å². The van der Waals surface area contributed by atoms with Crippen LogP contribution >= 0.6 is 11.3 Å². The quantitative estimate of drug-likeness (QED) is 0.531. The molecule has 5 heteroatoms. The second-order valence-corrected chi connectivity index (χ2v) is 6.36. The first-order valence-electron chi connectivity index (χ1n) is 7.89. The second kappa shape index (κ2) is 6.55. The molecule has 0 saturated carbocycles. The highest BCUT2D eigenvalue weighted by atomic mass is 32.1. The smallest absolute Gasteiger partial charge is 0.123 e. The molecule has 0 saturated heterocycles. The normalized spacial score (nSPS) is 11.2. The molecule has 0 radical (unpaired) electrons. The van der Waals surface area contributed by atoms with Crippen molar-refractivity contribution in [3.05, 3.63) is 65.9 Å². The lowest BCUT2D eigenvalue weighted by Crippen LogP contribution is -1.94. The van der Waals surface area contributed by atoms with Gasteiger partial charge in [-0.2, -0.15) is 0 Å². The van der Waals surface area contributed by atoms with Crippen molar-refractivity contribution in [2.75, 3.05) is 6.61 Å². The molecule has 2 aromatic heterocycles. The van der Waals surface area contributed by atoms with Gasteiger partial charge in [-0.15, -0.1) is 11.3 Å². The van der Waals surface area contributed by atoms with Gasteiger partial charge < -0.3 is 4.74 Å². The number of aromatic nitrogens is 3.